The average Bonchev–Trinajstić information content (AvgIpc) is 3.29. The Morgan fingerprint density at radius 3 is 2.79 bits per heavy atom. The van der Waals surface area contributed by atoms with Crippen molar-refractivity contribution in [1.82, 2.24) is 15.1 Å². The van der Waals surface area contributed by atoms with E-state index in [1.165, 1.54) is 6.07 Å². The Morgan fingerprint density at radius 2 is 2.00 bits per heavy atom. The van der Waals surface area contributed by atoms with Crippen LogP contribution in [0.5, 0.6) is 0 Å². The molecule has 0 aliphatic carbocycles. The van der Waals surface area contributed by atoms with Gasteiger partial charge in [-0.2, -0.15) is 0 Å². The summed E-state index contributed by atoms with van der Waals surface area (Å²) in [5.74, 6) is -0.309. The number of fused-ring (bicyclic) bond motifs is 2. The molecule has 2 amide bonds. The number of nitrogens with zero attached hydrogens (tertiary/aromatic N) is 2. The van der Waals surface area contributed by atoms with Gasteiger partial charge in [0, 0.05) is 48.9 Å². The third kappa shape index (κ3) is 3.12. The molecular weight excluding hydrogens is 369 g/mol. The number of halogens is 1. The number of rotatable bonds is 2. The number of piperidine rings is 1. The molecule has 2 aromatic carbocycles. The maximum Gasteiger partial charge on any atom is 0.254 e. The molecule has 1 unspecified atom stereocenters. The van der Waals surface area contributed by atoms with Crippen molar-refractivity contribution in [2.24, 2.45) is 0 Å². The second-order valence-corrected chi connectivity index (χ2v) is 8.35. The Hall–Kier alpha value is -2.73. The summed E-state index contributed by atoms with van der Waals surface area (Å²) in [5, 5.41) is 3.36. The van der Waals surface area contributed by atoms with E-state index in [9.17, 15) is 14.0 Å². The van der Waals surface area contributed by atoms with Gasteiger partial charge in [-0.25, -0.2) is 4.39 Å². The van der Waals surface area contributed by atoms with Crippen molar-refractivity contribution in [2.75, 3.05) is 13.1 Å². The van der Waals surface area contributed by atoms with Crippen molar-refractivity contribution in [3.63, 3.8) is 0 Å². The van der Waals surface area contributed by atoms with Crippen LogP contribution in [0.1, 0.15) is 55.8 Å². The smallest absolute Gasteiger partial charge is 0.254 e. The van der Waals surface area contributed by atoms with Crippen molar-refractivity contribution < 1.29 is 14.0 Å². The van der Waals surface area contributed by atoms with Gasteiger partial charge in [-0.05, 0) is 67.3 Å². The second kappa shape index (κ2) is 6.95. The molecule has 5 rings (SSSR count). The molecule has 6 heteroatoms. The molecule has 3 heterocycles. The van der Waals surface area contributed by atoms with Gasteiger partial charge in [0.2, 0.25) is 0 Å². The quantitative estimate of drug-likeness (QED) is 0.854. The summed E-state index contributed by atoms with van der Waals surface area (Å²) in [4.78, 5) is 29.5. The van der Waals surface area contributed by atoms with Crippen molar-refractivity contribution in [2.45, 2.75) is 45.4 Å². The number of nitrogens with one attached hydrogen (secondary N) is 1. The van der Waals surface area contributed by atoms with Gasteiger partial charge in [0.15, 0.2) is 0 Å². The minimum Gasteiger partial charge on any atom is -0.330 e. The third-order valence-corrected chi connectivity index (χ3v) is 6.33. The maximum atomic E-state index is 14.2. The topological polar surface area (TPSA) is 52.7 Å². The van der Waals surface area contributed by atoms with E-state index in [1.807, 2.05) is 24.0 Å². The SMILES string of the molecule is Cc1cc(F)c2c(c1)CN(C(=O)c1ccc3c(c1)CN(C1CCCNC1)C3=O)C2. The van der Waals surface area contributed by atoms with Crippen LogP contribution in [-0.4, -0.2) is 40.7 Å². The fourth-order valence-electron chi connectivity index (χ4n) is 4.81. The molecule has 0 bridgehead atoms. The van der Waals surface area contributed by atoms with E-state index in [0.29, 0.717) is 29.8 Å². The van der Waals surface area contributed by atoms with Gasteiger partial charge >= 0.3 is 0 Å². The van der Waals surface area contributed by atoms with Gasteiger partial charge in [0.25, 0.3) is 11.8 Å². The molecule has 150 valence electrons. The van der Waals surface area contributed by atoms with Gasteiger partial charge in [-0.1, -0.05) is 6.07 Å². The minimum absolute atomic E-state index is 0.0545. The predicted octanol–water partition coefficient (Wildman–Crippen LogP) is 3.00. The van der Waals surface area contributed by atoms with Crippen LogP contribution in [0, 0.1) is 12.7 Å². The summed E-state index contributed by atoms with van der Waals surface area (Å²) in [5.41, 5.74) is 4.51. The van der Waals surface area contributed by atoms with Crippen LogP contribution in [0.4, 0.5) is 4.39 Å². The molecule has 0 spiro atoms. The highest BCUT2D eigenvalue weighted by atomic mass is 19.1. The standard InChI is InChI=1S/C23H24FN3O2/c1-14-7-16-11-26(13-20(16)21(24)8-14)22(28)15-4-5-19-17(9-15)12-27(23(19)29)18-3-2-6-25-10-18/h4-5,7-9,18,25H,2-3,6,10-13H2,1H3. The molecule has 1 fully saturated rings. The first kappa shape index (κ1) is 18.3. The van der Waals surface area contributed by atoms with Crippen molar-refractivity contribution >= 4 is 11.8 Å². The molecule has 3 aliphatic rings. The Balaban J connectivity index is 1.36. The van der Waals surface area contributed by atoms with Gasteiger partial charge in [-0.15, -0.1) is 0 Å². The van der Waals surface area contributed by atoms with Crippen LogP contribution in [0.25, 0.3) is 0 Å². The fourth-order valence-corrected chi connectivity index (χ4v) is 4.81. The summed E-state index contributed by atoms with van der Waals surface area (Å²) >= 11 is 0. The Bertz CT molecular complexity index is 1010. The second-order valence-electron chi connectivity index (χ2n) is 8.35. The first-order valence-corrected chi connectivity index (χ1v) is 10.2. The van der Waals surface area contributed by atoms with E-state index in [4.69, 9.17) is 0 Å². The number of hydrogen-bond acceptors (Lipinski definition) is 3. The number of amides is 2. The Kier molecular flexibility index (Phi) is 4.39. The normalized spacial score (nSPS) is 20.8. The van der Waals surface area contributed by atoms with E-state index < -0.39 is 0 Å². The van der Waals surface area contributed by atoms with Crippen molar-refractivity contribution in [3.8, 4) is 0 Å². The van der Waals surface area contributed by atoms with E-state index in [2.05, 4.69) is 5.32 Å². The van der Waals surface area contributed by atoms with E-state index in [0.717, 1.165) is 42.6 Å². The van der Waals surface area contributed by atoms with Gasteiger partial charge in [0.05, 0.1) is 0 Å². The molecule has 1 N–H and O–H groups in total. The lowest BCUT2D eigenvalue weighted by Gasteiger charge is -2.31. The van der Waals surface area contributed by atoms with Crippen LogP contribution in [0.2, 0.25) is 0 Å². The van der Waals surface area contributed by atoms with Crippen LogP contribution < -0.4 is 5.32 Å². The van der Waals surface area contributed by atoms with E-state index in [-0.39, 0.29) is 30.2 Å². The number of carbonyl (C=O) groups excluding carboxylic acids is 2. The lowest BCUT2D eigenvalue weighted by Crippen LogP contribution is -2.46. The molecule has 1 saturated heterocycles. The number of aryl methyl sites for hydroxylation is 1. The van der Waals surface area contributed by atoms with Gasteiger partial charge in [0.1, 0.15) is 5.82 Å². The zero-order chi connectivity index (χ0) is 20.1. The molecule has 1 atom stereocenters. The average molecular weight is 393 g/mol. The van der Waals surface area contributed by atoms with Crippen molar-refractivity contribution in [3.05, 3.63) is 69.5 Å². The highest BCUT2D eigenvalue weighted by Crippen LogP contribution is 2.31. The largest absolute Gasteiger partial charge is 0.330 e. The molecule has 0 saturated carbocycles. The van der Waals surface area contributed by atoms with Crippen LogP contribution in [0.3, 0.4) is 0 Å². The van der Waals surface area contributed by atoms with E-state index >= 15 is 0 Å². The Morgan fingerprint density at radius 1 is 1.14 bits per heavy atom. The lowest BCUT2D eigenvalue weighted by atomic mass is 10.1. The van der Waals surface area contributed by atoms with E-state index in [1.54, 1.807) is 17.0 Å². The number of hydrogen-bond donors (Lipinski definition) is 1. The summed E-state index contributed by atoms with van der Waals surface area (Å²) in [6.45, 7) is 4.94. The summed E-state index contributed by atoms with van der Waals surface area (Å²) in [7, 11) is 0. The van der Waals surface area contributed by atoms with Crippen LogP contribution in [0.15, 0.2) is 30.3 Å². The zero-order valence-corrected chi connectivity index (χ0v) is 16.5. The summed E-state index contributed by atoms with van der Waals surface area (Å²) in [6, 6.07) is 9.02. The van der Waals surface area contributed by atoms with Gasteiger partial charge < -0.3 is 15.1 Å². The molecular formula is C23H24FN3O2. The minimum atomic E-state index is -0.244. The summed E-state index contributed by atoms with van der Waals surface area (Å²) < 4.78 is 14.2. The lowest BCUT2D eigenvalue weighted by molar-refractivity contribution is 0.0674. The zero-order valence-electron chi connectivity index (χ0n) is 16.5. The molecule has 5 nitrogen and oxygen atoms in total. The maximum absolute atomic E-state index is 14.2. The van der Waals surface area contributed by atoms with Gasteiger partial charge in [-0.3, -0.25) is 9.59 Å². The number of carbonyl (C=O) groups is 2. The fraction of sp³-hybridized carbons (Fsp3) is 0.391. The molecule has 3 aliphatic heterocycles. The van der Waals surface area contributed by atoms with Crippen LogP contribution in [-0.2, 0) is 19.6 Å². The first-order valence-electron chi connectivity index (χ1n) is 10.2. The molecule has 0 radical (unpaired) electrons. The Labute approximate surface area is 169 Å². The summed E-state index contributed by atoms with van der Waals surface area (Å²) in [6.07, 6.45) is 2.08. The highest BCUT2D eigenvalue weighted by molar-refractivity contribution is 6.01. The molecule has 2 aromatic rings. The molecule has 0 aromatic heterocycles. The van der Waals surface area contributed by atoms with Crippen LogP contribution >= 0.6 is 0 Å². The molecule has 29 heavy (non-hydrogen) atoms. The third-order valence-electron chi connectivity index (χ3n) is 6.33. The van der Waals surface area contributed by atoms with Crippen molar-refractivity contribution in [1.29, 1.82) is 0 Å². The number of benzene rings is 2. The first-order chi connectivity index (χ1) is 14.0. The monoisotopic (exact) mass is 393 g/mol. The predicted molar refractivity (Wildman–Crippen MR) is 107 cm³/mol. The highest BCUT2D eigenvalue weighted by Gasteiger charge is 2.34.